The second-order valence-corrected chi connectivity index (χ2v) is 3.11. The van der Waals surface area contributed by atoms with Crippen LogP contribution in [0.2, 0.25) is 0 Å². The average molecular weight is 157 g/mol. The van der Waals surface area contributed by atoms with Gasteiger partial charge in [-0.15, -0.1) is 0 Å². The molecule has 1 heterocycles. The maximum absolute atomic E-state index is 10.1. The Kier molecular flexibility index (Phi) is 2.84. The summed E-state index contributed by atoms with van der Waals surface area (Å²) in [6.07, 6.45) is 1.69. The molecule has 1 fully saturated rings. The van der Waals surface area contributed by atoms with Crippen molar-refractivity contribution in [3.63, 3.8) is 0 Å². The van der Waals surface area contributed by atoms with Crippen LogP contribution in [-0.4, -0.2) is 43.5 Å². The molecule has 2 unspecified atom stereocenters. The number of likely N-dealkylation sites (tertiary alicyclic amines) is 1. The Morgan fingerprint density at radius 1 is 1.73 bits per heavy atom. The Hall–Kier alpha value is -0.610. The highest BCUT2D eigenvalue weighted by molar-refractivity contribution is 5.46. The molecule has 11 heavy (non-hydrogen) atoms. The number of rotatable bonds is 2. The van der Waals surface area contributed by atoms with E-state index < -0.39 is 0 Å². The Morgan fingerprint density at radius 2 is 2.45 bits per heavy atom. The van der Waals surface area contributed by atoms with Gasteiger partial charge in [0.1, 0.15) is 0 Å². The molecule has 0 radical (unpaired) electrons. The van der Waals surface area contributed by atoms with Crippen LogP contribution in [0, 0.1) is 0 Å². The predicted octanol–water partition coefficient (Wildman–Crippen LogP) is -1.24. The minimum atomic E-state index is 0.0824. The molecule has 0 aliphatic carbocycles. The zero-order valence-electron chi connectivity index (χ0n) is 6.79. The Labute approximate surface area is 66.7 Å². The molecule has 0 bridgehead atoms. The van der Waals surface area contributed by atoms with Crippen LogP contribution in [-0.2, 0) is 4.79 Å². The fourth-order valence-electron chi connectivity index (χ4n) is 1.45. The molecule has 1 aliphatic rings. The van der Waals surface area contributed by atoms with Gasteiger partial charge in [-0.05, 0) is 20.0 Å². The highest BCUT2D eigenvalue weighted by atomic mass is 16.1. The van der Waals surface area contributed by atoms with Gasteiger partial charge in [-0.3, -0.25) is 4.79 Å². The molecule has 4 heteroatoms. The van der Waals surface area contributed by atoms with Crippen LogP contribution in [0.15, 0.2) is 0 Å². The number of carbonyl (C=O) groups excluding carboxylic acids is 1. The van der Waals surface area contributed by atoms with Crippen LogP contribution in [0.1, 0.15) is 6.42 Å². The van der Waals surface area contributed by atoms with Gasteiger partial charge in [-0.1, -0.05) is 0 Å². The number of nitrogens with two attached hydrogens (primary N) is 1. The number of hydrogen-bond donors (Lipinski definition) is 2. The van der Waals surface area contributed by atoms with Crippen molar-refractivity contribution >= 4 is 6.41 Å². The van der Waals surface area contributed by atoms with Gasteiger partial charge >= 0.3 is 0 Å². The van der Waals surface area contributed by atoms with E-state index in [-0.39, 0.29) is 12.1 Å². The summed E-state index contributed by atoms with van der Waals surface area (Å²) in [5, 5.41) is 2.72. The summed E-state index contributed by atoms with van der Waals surface area (Å²) in [4.78, 5) is 12.3. The first-order valence-corrected chi connectivity index (χ1v) is 3.88. The largest absolute Gasteiger partial charge is 0.354 e. The summed E-state index contributed by atoms with van der Waals surface area (Å²) < 4.78 is 0. The smallest absolute Gasteiger partial charge is 0.207 e. The highest BCUT2D eigenvalue weighted by Crippen LogP contribution is 2.06. The molecule has 1 amide bonds. The van der Waals surface area contributed by atoms with Crippen LogP contribution >= 0.6 is 0 Å². The van der Waals surface area contributed by atoms with Crippen LogP contribution in [0.25, 0.3) is 0 Å². The van der Waals surface area contributed by atoms with E-state index in [1.807, 2.05) is 7.05 Å². The second-order valence-electron chi connectivity index (χ2n) is 3.11. The minimum Gasteiger partial charge on any atom is -0.354 e. The lowest BCUT2D eigenvalue weighted by Crippen LogP contribution is -2.55. The van der Waals surface area contributed by atoms with Crippen LogP contribution in [0.3, 0.4) is 0 Å². The minimum absolute atomic E-state index is 0.0824. The van der Waals surface area contributed by atoms with Crippen LogP contribution < -0.4 is 11.1 Å². The first-order valence-electron chi connectivity index (χ1n) is 3.88. The number of hydrogen-bond acceptors (Lipinski definition) is 3. The van der Waals surface area contributed by atoms with Crippen molar-refractivity contribution in [1.82, 2.24) is 10.2 Å². The number of likely N-dealkylation sites (N-methyl/N-ethyl adjacent to an activating group) is 1. The van der Waals surface area contributed by atoms with E-state index in [1.165, 1.54) is 0 Å². The predicted molar refractivity (Wildman–Crippen MR) is 43.1 cm³/mol. The molecule has 4 nitrogen and oxygen atoms in total. The molecule has 1 aliphatic heterocycles. The van der Waals surface area contributed by atoms with E-state index in [0.717, 1.165) is 25.9 Å². The van der Waals surface area contributed by atoms with Gasteiger partial charge < -0.3 is 16.0 Å². The van der Waals surface area contributed by atoms with Crippen molar-refractivity contribution < 1.29 is 4.79 Å². The van der Waals surface area contributed by atoms with Crippen LogP contribution in [0.5, 0.6) is 0 Å². The monoisotopic (exact) mass is 157 g/mol. The fourth-order valence-corrected chi connectivity index (χ4v) is 1.45. The van der Waals surface area contributed by atoms with Crippen molar-refractivity contribution in [3.8, 4) is 0 Å². The normalized spacial score (nSPS) is 33.3. The Bertz CT molecular complexity index is 140. The molecule has 1 saturated heterocycles. The lowest BCUT2D eigenvalue weighted by molar-refractivity contribution is -0.110. The van der Waals surface area contributed by atoms with Gasteiger partial charge in [-0.25, -0.2) is 0 Å². The van der Waals surface area contributed by atoms with Gasteiger partial charge in [0.05, 0.1) is 0 Å². The van der Waals surface area contributed by atoms with Crippen molar-refractivity contribution in [3.05, 3.63) is 0 Å². The van der Waals surface area contributed by atoms with Crippen molar-refractivity contribution in [2.24, 2.45) is 5.73 Å². The van der Waals surface area contributed by atoms with Crippen molar-refractivity contribution in [2.45, 2.75) is 18.5 Å². The third kappa shape index (κ3) is 2.17. The van der Waals surface area contributed by atoms with E-state index in [2.05, 4.69) is 10.2 Å². The van der Waals surface area contributed by atoms with E-state index in [4.69, 9.17) is 5.73 Å². The number of nitrogens with one attached hydrogen (secondary N) is 1. The van der Waals surface area contributed by atoms with Gasteiger partial charge in [0, 0.05) is 18.6 Å². The molecular weight excluding hydrogens is 142 g/mol. The van der Waals surface area contributed by atoms with Gasteiger partial charge in [0.2, 0.25) is 6.41 Å². The third-order valence-electron chi connectivity index (χ3n) is 2.14. The molecule has 0 spiro atoms. The quantitative estimate of drug-likeness (QED) is 0.493. The van der Waals surface area contributed by atoms with Crippen molar-refractivity contribution in [1.29, 1.82) is 0 Å². The van der Waals surface area contributed by atoms with E-state index >= 15 is 0 Å². The summed E-state index contributed by atoms with van der Waals surface area (Å²) >= 11 is 0. The number of piperidine rings is 1. The van der Waals surface area contributed by atoms with E-state index in [0.29, 0.717) is 0 Å². The summed E-state index contributed by atoms with van der Waals surface area (Å²) in [7, 11) is 2.04. The number of carbonyl (C=O) groups is 1. The number of amides is 1. The van der Waals surface area contributed by atoms with Gasteiger partial charge in [-0.2, -0.15) is 0 Å². The second kappa shape index (κ2) is 3.69. The molecule has 3 N–H and O–H groups in total. The molecule has 0 saturated carbocycles. The summed E-state index contributed by atoms with van der Waals surface area (Å²) in [5.74, 6) is 0. The maximum atomic E-state index is 10.1. The van der Waals surface area contributed by atoms with Crippen LogP contribution in [0.4, 0.5) is 0 Å². The molecule has 0 aromatic rings. The Balaban J connectivity index is 2.37. The first-order chi connectivity index (χ1) is 5.24. The van der Waals surface area contributed by atoms with E-state index in [1.54, 1.807) is 0 Å². The molecule has 0 aromatic carbocycles. The standard InChI is InChI=1S/C7H15N3O/c1-10-3-2-7(9-5-11)6(8)4-10/h5-7H,2-4,8H2,1H3,(H,9,11). The molecule has 2 atom stereocenters. The SMILES string of the molecule is CN1CCC(NC=O)C(N)C1. The lowest BCUT2D eigenvalue weighted by Gasteiger charge is -2.33. The number of nitrogens with zero attached hydrogens (tertiary/aromatic N) is 1. The van der Waals surface area contributed by atoms with E-state index in [9.17, 15) is 4.79 Å². The fraction of sp³-hybridized carbons (Fsp3) is 0.857. The highest BCUT2D eigenvalue weighted by Gasteiger charge is 2.23. The summed E-state index contributed by atoms with van der Waals surface area (Å²) in [5.41, 5.74) is 5.79. The van der Waals surface area contributed by atoms with Gasteiger partial charge in [0.15, 0.2) is 0 Å². The molecule has 0 aromatic heterocycles. The lowest BCUT2D eigenvalue weighted by atomic mass is 10.0. The summed E-state index contributed by atoms with van der Waals surface area (Å²) in [6.45, 7) is 1.88. The third-order valence-corrected chi connectivity index (χ3v) is 2.14. The average Bonchev–Trinajstić information content (AvgIpc) is 1.95. The van der Waals surface area contributed by atoms with Crippen molar-refractivity contribution in [2.75, 3.05) is 20.1 Å². The summed E-state index contributed by atoms with van der Waals surface area (Å²) in [6, 6.07) is 0.252. The first kappa shape index (κ1) is 8.49. The topological polar surface area (TPSA) is 58.4 Å². The molecule has 64 valence electrons. The molecular formula is C7H15N3O. The van der Waals surface area contributed by atoms with Gasteiger partial charge in [0.25, 0.3) is 0 Å². The zero-order valence-corrected chi connectivity index (χ0v) is 6.79. The molecule has 1 rings (SSSR count). The maximum Gasteiger partial charge on any atom is 0.207 e. The zero-order chi connectivity index (χ0) is 8.27. The Morgan fingerprint density at radius 3 is 3.00 bits per heavy atom.